The largest absolute Gasteiger partial charge is 0.497 e. The SMILES string of the molecule is COc1ccc2c(c1)C[C@@H](c1ccccc1)[C@@H]1[C@@H]2CC[C@]2(C)[C@H](CC#N)CC[C@@H]12. The van der Waals surface area contributed by atoms with Gasteiger partial charge >= 0.3 is 0 Å². The molecule has 0 aliphatic heterocycles. The van der Waals surface area contributed by atoms with Crippen LogP contribution in [0.1, 0.15) is 67.6 Å². The van der Waals surface area contributed by atoms with Crippen molar-refractivity contribution in [3.05, 3.63) is 65.2 Å². The molecular weight excluding hydrogens is 354 g/mol. The Bertz CT molecular complexity index is 929. The Morgan fingerprint density at radius 1 is 1.07 bits per heavy atom. The van der Waals surface area contributed by atoms with Crippen molar-refractivity contribution in [2.45, 2.75) is 57.3 Å². The fourth-order valence-electron chi connectivity index (χ4n) is 7.33. The van der Waals surface area contributed by atoms with Crippen LogP contribution in [0.25, 0.3) is 0 Å². The first kappa shape index (κ1) is 18.7. The van der Waals surface area contributed by atoms with Gasteiger partial charge in [0.25, 0.3) is 0 Å². The van der Waals surface area contributed by atoms with E-state index in [0.717, 1.165) is 24.5 Å². The lowest BCUT2D eigenvalue weighted by Gasteiger charge is -2.54. The molecule has 0 spiro atoms. The van der Waals surface area contributed by atoms with Gasteiger partial charge in [0.05, 0.1) is 13.2 Å². The molecule has 2 aromatic rings. The molecule has 6 atom stereocenters. The maximum Gasteiger partial charge on any atom is 0.119 e. The minimum Gasteiger partial charge on any atom is -0.497 e. The van der Waals surface area contributed by atoms with Crippen LogP contribution < -0.4 is 4.74 Å². The van der Waals surface area contributed by atoms with Gasteiger partial charge in [0.2, 0.25) is 0 Å². The molecular formula is C27H31NO. The van der Waals surface area contributed by atoms with Gasteiger partial charge in [-0.05, 0) is 95.9 Å². The van der Waals surface area contributed by atoms with E-state index in [-0.39, 0.29) is 0 Å². The number of nitrogens with zero attached hydrogens (tertiary/aromatic N) is 1. The Morgan fingerprint density at radius 3 is 2.66 bits per heavy atom. The predicted octanol–water partition coefficient (Wildman–Crippen LogP) is 6.47. The number of rotatable bonds is 3. The number of hydrogen-bond acceptors (Lipinski definition) is 2. The zero-order valence-electron chi connectivity index (χ0n) is 17.6. The van der Waals surface area contributed by atoms with Gasteiger partial charge in [-0.15, -0.1) is 0 Å². The molecule has 0 aromatic heterocycles. The van der Waals surface area contributed by atoms with E-state index in [4.69, 9.17) is 4.74 Å². The Balaban J connectivity index is 1.60. The van der Waals surface area contributed by atoms with E-state index < -0.39 is 0 Å². The smallest absolute Gasteiger partial charge is 0.119 e. The van der Waals surface area contributed by atoms with Crippen LogP contribution in [-0.4, -0.2) is 7.11 Å². The van der Waals surface area contributed by atoms with E-state index in [1.165, 1.54) is 36.8 Å². The fraction of sp³-hybridized carbons (Fsp3) is 0.519. The predicted molar refractivity (Wildman–Crippen MR) is 116 cm³/mol. The average Bonchev–Trinajstić information content (AvgIpc) is 3.09. The van der Waals surface area contributed by atoms with Gasteiger partial charge in [0.1, 0.15) is 5.75 Å². The van der Waals surface area contributed by atoms with Crippen molar-refractivity contribution in [3.8, 4) is 11.8 Å². The molecule has 2 saturated carbocycles. The van der Waals surface area contributed by atoms with Crippen LogP contribution in [0.15, 0.2) is 48.5 Å². The molecule has 2 aromatic carbocycles. The Hall–Kier alpha value is -2.27. The molecule has 29 heavy (non-hydrogen) atoms. The first-order valence-electron chi connectivity index (χ1n) is 11.2. The number of benzene rings is 2. The minimum absolute atomic E-state index is 0.327. The van der Waals surface area contributed by atoms with Gasteiger partial charge in [-0.25, -0.2) is 0 Å². The highest BCUT2D eigenvalue weighted by Crippen LogP contribution is 2.66. The third kappa shape index (κ3) is 2.90. The molecule has 5 rings (SSSR count). The van der Waals surface area contributed by atoms with Gasteiger partial charge in [0, 0.05) is 6.42 Å². The number of nitriles is 1. The summed E-state index contributed by atoms with van der Waals surface area (Å²) in [5, 5.41) is 9.41. The van der Waals surface area contributed by atoms with Gasteiger partial charge in [0.15, 0.2) is 0 Å². The second-order valence-corrected chi connectivity index (χ2v) is 9.76. The van der Waals surface area contributed by atoms with Crippen LogP contribution in [-0.2, 0) is 6.42 Å². The molecule has 2 heteroatoms. The lowest BCUT2D eigenvalue weighted by Crippen LogP contribution is -2.45. The molecule has 0 saturated heterocycles. The molecule has 2 fully saturated rings. The van der Waals surface area contributed by atoms with Crippen molar-refractivity contribution in [3.63, 3.8) is 0 Å². The molecule has 3 aliphatic rings. The normalized spacial score (nSPS) is 35.1. The van der Waals surface area contributed by atoms with Crippen molar-refractivity contribution in [2.75, 3.05) is 7.11 Å². The first-order valence-corrected chi connectivity index (χ1v) is 11.2. The van der Waals surface area contributed by atoms with Crippen molar-refractivity contribution in [1.82, 2.24) is 0 Å². The molecule has 3 aliphatic carbocycles. The maximum absolute atomic E-state index is 9.41. The molecule has 150 valence electrons. The lowest BCUT2D eigenvalue weighted by atomic mass is 9.50. The molecule has 0 unspecified atom stereocenters. The second kappa shape index (κ2) is 7.21. The van der Waals surface area contributed by atoms with Crippen LogP contribution in [0.4, 0.5) is 0 Å². The van der Waals surface area contributed by atoms with Crippen LogP contribution >= 0.6 is 0 Å². The van der Waals surface area contributed by atoms with E-state index in [0.29, 0.717) is 29.1 Å². The summed E-state index contributed by atoms with van der Waals surface area (Å²) in [4.78, 5) is 0. The van der Waals surface area contributed by atoms with Crippen LogP contribution in [0.2, 0.25) is 0 Å². The van der Waals surface area contributed by atoms with Crippen LogP contribution in [0.3, 0.4) is 0 Å². The molecule has 2 nitrogen and oxygen atoms in total. The molecule has 0 amide bonds. The highest BCUT2D eigenvalue weighted by Gasteiger charge is 2.56. The molecule has 0 heterocycles. The van der Waals surface area contributed by atoms with E-state index in [1.807, 2.05) is 0 Å². The summed E-state index contributed by atoms with van der Waals surface area (Å²) < 4.78 is 5.55. The topological polar surface area (TPSA) is 33.0 Å². The number of ether oxygens (including phenoxy) is 1. The number of methoxy groups -OCH3 is 1. The third-order valence-corrected chi connectivity index (χ3v) is 8.75. The van der Waals surface area contributed by atoms with E-state index in [9.17, 15) is 5.26 Å². The lowest BCUT2D eigenvalue weighted by molar-refractivity contribution is 0.0195. The van der Waals surface area contributed by atoms with Crippen molar-refractivity contribution in [1.29, 1.82) is 5.26 Å². The summed E-state index contributed by atoms with van der Waals surface area (Å²) in [5.41, 5.74) is 4.86. The van der Waals surface area contributed by atoms with Gasteiger partial charge in [-0.1, -0.05) is 43.3 Å². The second-order valence-electron chi connectivity index (χ2n) is 9.76. The quantitative estimate of drug-likeness (QED) is 0.606. The van der Waals surface area contributed by atoms with Crippen LogP contribution in [0, 0.1) is 34.5 Å². The molecule has 0 N–H and O–H groups in total. The Morgan fingerprint density at radius 2 is 1.90 bits per heavy atom. The van der Waals surface area contributed by atoms with E-state index in [1.54, 1.807) is 12.7 Å². The van der Waals surface area contributed by atoms with E-state index in [2.05, 4.69) is 61.5 Å². The summed E-state index contributed by atoms with van der Waals surface area (Å²) in [6.45, 7) is 2.51. The van der Waals surface area contributed by atoms with Crippen LogP contribution in [0.5, 0.6) is 5.75 Å². The van der Waals surface area contributed by atoms with Crippen molar-refractivity contribution >= 4 is 0 Å². The van der Waals surface area contributed by atoms with Crippen molar-refractivity contribution in [2.24, 2.45) is 23.2 Å². The van der Waals surface area contributed by atoms with Gasteiger partial charge < -0.3 is 4.74 Å². The maximum atomic E-state index is 9.41. The third-order valence-electron chi connectivity index (χ3n) is 8.75. The van der Waals surface area contributed by atoms with Gasteiger partial charge in [-0.3, -0.25) is 0 Å². The Kier molecular flexibility index (Phi) is 4.66. The minimum atomic E-state index is 0.327. The number of hydrogen-bond donors (Lipinski definition) is 0. The van der Waals surface area contributed by atoms with E-state index >= 15 is 0 Å². The summed E-state index contributed by atoms with van der Waals surface area (Å²) in [6.07, 6.45) is 6.87. The number of fused-ring (bicyclic) bond motifs is 5. The fourth-order valence-corrected chi connectivity index (χ4v) is 7.33. The van der Waals surface area contributed by atoms with Gasteiger partial charge in [-0.2, -0.15) is 5.26 Å². The molecule has 0 radical (unpaired) electrons. The molecule has 0 bridgehead atoms. The first-order chi connectivity index (χ1) is 14.2. The summed E-state index contributed by atoms with van der Waals surface area (Å²) >= 11 is 0. The standard InChI is InChI=1S/C27H31NO/c1-27-14-12-23-22-10-9-21(29-2)16-19(22)17-24(18-6-4-3-5-7-18)26(23)25(27)11-8-20(27)13-15-28/h3-7,9-10,16,20,23-26H,8,11-14,17H2,1-2H3/t20-,23+,24-,25-,26-,27+/m0/s1. The Labute approximate surface area is 174 Å². The zero-order chi connectivity index (χ0) is 20.0. The van der Waals surface area contributed by atoms with Crippen molar-refractivity contribution < 1.29 is 4.74 Å². The summed E-state index contributed by atoms with van der Waals surface area (Å²) in [7, 11) is 1.77. The highest BCUT2D eigenvalue weighted by atomic mass is 16.5. The average molecular weight is 386 g/mol. The summed E-state index contributed by atoms with van der Waals surface area (Å²) in [6, 6.07) is 20.5. The highest BCUT2D eigenvalue weighted by molar-refractivity contribution is 5.44. The monoisotopic (exact) mass is 385 g/mol. The summed E-state index contributed by atoms with van der Waals surface area (Å²) in [5.74, 6) is 4.15. The zero-order valence-corrected chi connectivity index (χ0v) is 17.6.